The molecular weight excluding hydrogens is 378 g/mol. The number of halogens is 1. The molecular formula is C21H26ClN3O3. The summed E-state index contributed by atoms with van der Waals surface area (Å²) in [6.45, 7) is 2.84. The van der Waals surface area contributed by atoms with Crippen LogP contribution >= 0.6 is 11.6 Å². The molecule has 0 fully saturated rings. The minimum Gasteiger partial charge on any atom is -0.493 e. The van der Waals surface area contributed by atoms with Gasteiger partial charge in [-0.1, -0.05) is 37.8 Å². The van der Waals surface area contributed by atoms with E-state index in [1.807, 2.05) is 18.2 Å². The quantitative estimate of drug-likeness (QED) is 0.314. The molecule has 0 atom stereocenters. The Bertz CT molecular complexity index is 779. The molecule has 0 spiro atoms. The molecule has 150 valence electrons. The number of nitrogens with one attached hydrogen (secondary N) is 2. The average molecular weight is 404 g/mol. The molecule has 0 saturated heterocycles. The lowest BCUT2D eigenvalue weighted by atomic mass is 10.2. The first-order valence-corrected chi connectivity index (χ1v) is 9.66. The molecule has 0 heterocycles. The maximum absolute atomic E-state index is 11.8. The highest BCUT2D eigenvalue weighted by Crippen LogP contribution is 2.27. The standard InChI is InChI=1S/C21H26ClN3O3/c1-3-4-5-6-13-28-19-12-7-16(14-20(19)27-2)15-23-25-21(26)24-18-10-8-17(22)9-11-18/h7-12,14-15H,3-6,13H2,1-2H3,(H2,24,25,26)/b23-15-. The summed E-state index contributed by atoms with van der Waals surface area (Å²) in [5, 5.41) is 7.21. The first-order chi connectivity index (χ1) is 13.6. The van der Waals surface area contributed by atoms with Gasteiger partial charge in [0.2, 0.25) is 0 Å². The van der Waals surface area contributed by atoms with Crippen molar-refractivity contribution in [2.24, 2.45) is 5.10 Å². The van der Waals surface area contributed by atoms with Gasteiger partial charge < -0.3 is 14.8 Å². The van der Waals surface area contributed by atoms with Crippen molar-refractivity contribution < 1.29 is 14.3 Å². The minimum absolute atomic E-state index is 0.447. The Morgan fingerprint density at radius 1 is 1.11 bits per heavy atom. The Morgan fingerprint density at radius 3 is 2.61 bits per heavy atom. The number of ether oxygens (including phenoxy) is 2. The summed E-state index contributed by atoms with van der Waals surface area (Å²) >= 11 is 5.81. The van der Waals surface area contributed by atoms with E-state index in [1.165, 1.54) is 19.1 Å². The van der Waals surface area contributed by atoms with E-state index in [-0.39, 0.29) is 0 Å². The normalized spacial score (nSPS) is 10.7. The molecule has 0 aliphatic carbocycles. The third-order valence-corrected chi connectivity index (χ3v) is 4.18. The van der Waals surface area contributed by atoms with E-state index in [0.717, 1.165) is 18.4 Å². The van der Waals surface area contributed by atoms with Crippen LogP contribution in [0, 0.1) is 0 Å². The van der Waals surface area contributed by atoms with Gasteiger partial charge in [-0.3, -0.25) is 0 Å². The molecule has 7 heteroatoms. The third kappa shape index (κ3) is 7.48. The topological polar surface area (TPSA) is 72.0 Å². The van der Waals surface area contributed by atoms with Crippen molar-refractivity contribution >= 4 is 29.5 Å². The van der Waals surface area contributed by atoms with Crippen LogP contribution in [0.2, 0.25) is 5.02 Å². The Labute approximate surface area is 170 Å². The molecule has 0 aliphatic rings. The van der Waals surface area contributed by atoms with Crippen molar-refractivity contribution in [2.75, 3.05) is 19.0 Å². The van der Waals surface area contributed by atoms with E-state index in [1.54, 1.807) is 31.4 Å². The largest absolute Gasteiger partial charge is 0.493 e. The Balaban J connectivity index is 1.85. The molecule has 0 bridgehead atoms. The van der Waals surface area contributed by atoms with Crippen LogP contribution < -0.4 is 20.2 Å². The molecule has 0 radical (unpaired) electrons. The number of benzene rings is 2. The van der Waals surface area contributed by atoms with E-state index in [2.05, 4.69) is 22.8 Å². The van der Waals surface area contributed by atoms with Crippen LogP contribution in [0.3, 0.4) is 0 Å². The number of carbonyl (C=O) groups excluding carboxylic acids is 1. The zero-order chi connectivity index (χ0) is 20.2. The molecule has 0 aliphatic heterocycles. The van der Waals surface area contributed by atoms with Crippen LogP contribution in [0.4, 0.5) is 10.5 Å². The Morgan fingerprint density at radius 2 is 1.89 bits per heavy atom. The zero-order valence-corrected chi connectivity index (χ0v) is 17.0. The molecule has 0 unspecified atom stereocenters. The van der Waals surface area contributed by atoms with Crippen molar-refractivity contribution in [2.45, 2.75) is 32.6 Å². The predicted octanol–water partition coefficient (Wildman–Crippen LogP) is 5.46. The maximum atomic E-state index is 11.8. The second-order valence-electron chi connectivity index (χ2n) is 6.15. The molecule has 0 aromatic heterocycles. The first kappa shape index (κ1) is 21.6. The summed E-state index contributed by atoms with van der Waals surface area (Å²) in [7, 11) is 1.60. The summed E-state index contributed by atoms with van der Waals surface area (Å²) in [6, 6.07) is 11.9. The second kappa shape index (κ2) is 11.9. The summed E-state index contributed by atoms with van der Waals surface area (Å²) in [6.07, 6.45) is 6.13. The second-order valence-corrected chi connectivity index (χ2v) is 6.59. The van der Waals surface area contributed by atoms with Crippen molar-refractivity contribution in [3.8, 4) is 11.5 Å². The van der Waals surface area contributed by atoms with Crippen LogP contribution in [0.25, 0.3) is 0 Å². The fraction of sp³-hybridized carbons (Fsp3) is 0.333. The highest BCUT2D eigenvalue weighted by Gasteiger charge is 2.05. The van der Waals surface area contributed by atoms with Crippen molar-refractivity contribution in [3.05, 3.63) is 53.1 Å². The van der Waals surface area contributed by atoms with E-state index < -0.39 is 6.03 Å². The van der Waals surface area contributed by atoms with Crippen LogP contribution in [-0.2, 0) is 0 Å². The molecule has 2 aromatic carbocycles. The zero-order valence-electron chi connectivity index (χ0n) is 16.2. The summed E-state index contributed by atoms with van der Waals surface area (Å²) < 4.78 is 11.2. The smallest absolute Gasteiger partial charge is 0.339 e. The van der Waals surface area contributed by atoms with Crippen LogP contribution in [-0.4, -0.2) is 26.0 Å². The van der Waals surface area contributed by atoms with Gasteiger partial charge in [-0.25, -0.2) is 10.2 Å². The van der Waals surface area contributed by atoms with E-state index in [9.17, 15) is 4.79 Å². The number of methoxy groups -OCH3 is 1. The monoisotopic (exact) mass is 403 g/mol. The molecule has 6 nitrogen and oxygen atoms in total. The molecule has 2 rings (SSSR count). The SMILES string of the molecule is CCCCCCOc1ccc(/C=N\NC(=O)Nc2ccc(Cl)cc2)cc1OC. The van der Waals surface area contributed by atoms with Gasteiger partial charge in [0, 0.05) is 10.7 Å². The van der Waals surface area contributed by atoms with E-state index >= 15 is 0 Å². The summed E-state index contributed by atoms with van der Waals surface area (Å²) in [5.41, 5.74) is 3.82. The number of amides is 2. The van der Waals surface area contributed by atoms with Gasteiger partial charge in [0.1, 0.15) is 0 Å². The molecule has 28 heavy (non-hydrogen) atoms. The van der Waals surface area contributed by atoms with Crippen molar-refractivity contribution in [1.82, 2.24) is 5.43 Å². The molecule has 2 amide bonds. The minimum atomic E-state index is -0.447. The number of carbonyl (C=O) groups is 1. The molecule has 2 aromatic rings. The summed E-state index contributed by atoms with van der Waals surface area (Å²) in [4.78, 5) is 11.8. The van der Waals surface area contributed by atoms with E-state index in [4.69, 9.17) is 21.1 Å². The van der Waals surface area contributed by atoms with Crippen LogP contribution in [0.1, 0.15) is 38.2 Å². The van der Waals surface area contributed by atoms with Gasteiger partial charge in [0.15, 0.2) is 11.5 Å². The number of unbranched alkanes of at least 4 members (excludes halogenated alkanes) is 3. The van der Waals surface area contributed by atoms with Gasteiger partial charge in [-0.15, -0.1) is 0 Å². The van der Waals surface area contributed by atoms with Gasteiger partial charge in [-0.2, -0.15) is 5.10 Å². The van der Waals surface area contributed by atoms with Gasteiger partial charge in [0.25, 0.3) is 0 Å². The van der Waals surface area contributed by atoms with E-state index in [0.29, 0.717) is 28.8 Å². The fourth-order valence-corrected chi connectivity index (χ4v) is 2.58. The van der Waals surface area contributed by atoms with Crippen LogP contribution in [0.15, 0.2) is 47.6 Å². The lowest BCUT2D eigenvalue weighted by molar-refractivity contribution is 0.252. The Hall–Kier alpha value is -2.73. The number of nitrogens with zero attached hydrogens (tertiary/aromatic N) is 1. The number of hydrazone groups is 1. The lowest BCUT2D eigenvalue weighted by Crippen LogP contribution is -2.24. The van der Waals surface area contributed by atoms with Crippen molar-refractivity contribution in [1.29, 1.82) is 0 Å². The molecule has 2 N–H and O–H groups in total. The fourth-order valence-electron chi connectivity index (χ4n) is 2.45. The predicted molar refractivity (Wildman–Crippen MR) is 114 cm³/mol. The number of rotatable bonds is 10. The van der Waals surface area contributed by atoms with Crippen molar-refractivity contribution in [3.63, 3.8) is 0 Å². The lowest BCUT2D eigenvalue weighted by Gasteiger charge is -2.11. The Kier molecular flexibility index (Phi) is 9.15. The third-order valence-electron chi connectivity index (χ3n) is 3.92. The van der Waals surface area contributed by atoms with Gasteiger partial charge >= 0.3 is 6.03 Å². The average Bonchev–Trinajstić information content (AvgIpc) is 2.70. The maximum Gasteiger partial charge on any atom is 0.339 e. The number of urea groups is 1. The first-order valence-electron chi connectivity index (χ1n) is 9.29. The summed E-state index contributed by atoms with van der Waals surface area (Å²) in [5.74, 6) is 1.33. The number of hydrogen-bond donors (Lipinski definition) is 2. The van der Waals surface area contributed by atoms with Gasteiger partial charge in [0.05, 0.1) is 19.9 Å². The highest BCUT2D eigenvalue weighted by atomic mass is 35.5. The number of hydrogen-bond acceptors (Lipinski definition) is 4. The molecule has 0 saturated carbocycles. The van der Waals surface area contributed by atoms with Crippen LogP contribution in [0.5, 0.6) is 11.5 Å². The number of anilines is 1. The highest BCUT2D eigenvalue weighted by molar-refractivity contribution is 6.30. The van der Waals surface area contributed by atoms with Gasteiger partial charge in [-0.05, 0) is 54.4 Å².